The number of nitrogens with one attached hydrogen (secondary N) is 1. The molecule has 0 saturated carbocycles. The summed E-state index contributed by atoms with van der Waals surface area (Å²) in [5, 5.41) is 14.7. The predicted octanol–water partition coefficient (Wildman–Crippen LogP) is 5.00. The van der Waals surface area contributed by atoms with Crippen LogP contribution in [0.25, 0.3) is 11.0 Å². The van der Waals surface area contributed by atoms with Crippen LogP contribution >= 0.6 is 0 Å². The standard InChI is InChI=1S/C36H36N4O7/c1-43-27-14-10-25(11-15-27)36(24-8-4-3-5-9-24,26-12-16-28(44-2)17-13-26)46-21-30-29(42)19-31(47-30)40-20-23-7-6-18-45-34-32(23)33(40)38-35(39-34)37-22-41/h3-5,8-17,20,22,29-31,42H,6-7,18-19,21H2,1-2H3,(H,37,38,39,41)/t29-,30+,31+/m0/s1. The molecule has 2 aromatic heterocycles. The maximum atomic E-state index is 11.4. The van der Waals surface area contributed by atoms with E-state index in [4.69, 9.17) is 23.7 Å². The van der Waals surface area contributed by atoms with Crippen LogP contribution in [0.15, 0.2) is 85.1 Å². The van der Waals surface area contributed by atoms with Crippen molar-refractivity contribution in [2.24, 2.45) is 0 Å². The molecule has 242 valence electrons. The van der Waals surface area contributed by atoms with Gasteiger partial charge in [-0.05, 0) is 59.4 Å². The van der Waals surface area contributed by atoms with Gasteiger partial charge < -0.3 is 33.4 Å². The Morgan fingerprint density at radius 2 is 1.62 bits per heavy atom. The summed E-state index contributed by atoms with van der Waals surface area (Å²) >= 11 is 0. The number of aliphatic hydroxyl groups excluding tert-OH is 1. The summed E-state index contributed by atoms with van der Waals surface area (Å²) in [6, 6.07) is 25.6. The van der Waals surface area contributed by atoms with Gasteiger partial charge in [-0.15, -0.1) is 0 Å². The Morgan fingerprint density at radius 1 is 0.957 bits per heavy atom. The molecule has 7 rings (SSSR count). The number of methoxy groups -OCH3 is 2. The highest BCUT2D eigenvalue weighted by Crippen LogP contribution is 2.43. The van der Waals surface area contributed by atoms with E-state index in [-0.39, 0.29) is 12.6 Å². The summed E-state index contributed by atoms with van der Waals surface area (Å²) in [5.74, 6) is 2.02. The number of rotatable bonds is 11. The van der Waals surface area contributed by atoms with Gasteiger partial charge in [0.25, 0.3) is 0 Å². The molecule has 0 radical (unpaired) electrons. The molecular weight excluding hydrogens is 600 g/mol. The van der Waals surface area contributed by atoms with E-state index < -0.39 is 24.0 Å². The fraction of sp³-hybridized carbons (Fsp3) is 0.306. The first kappa shape index (κ1) is 30.7. The van der Waals surface area contributed by atoms with Crippen molar-refractivity contribution in [1.29, 1.82) is 0 Å². The molecule has 1 fully saturated rings. The van der Waals surface area contributed by atoms with Crippen molar-refractivity contribution in [1.82, 2.24) is 14.5 Å². The van der Waals surface area contributed by atoms with Gasteiger partial charge in [0.05, 0.1) is 38.9 Å². The van der Waals surface area contributed by atoms with Gasteiger partial charge in [-0.2, -0.15) is 9.97 Å². The van der Waals surface area contributed by atoms with E-state index in [1.165, 1.54) is 0 Å². The van der Waals surface area contributed by atoms with Crippen molar-refractivity contribution in [2.45, 2.75) is 43.3 Å². The number of aromatic nitrogens is 3. The lowest BCUT2D eigenvalue weighted by Crippen LogP contribution is -2.38. The van der Waals surface area contributed by atoms with E-state index in [9.17, 15) is 9.90 Å². The van der Waals surface area contributed by atoms with Crippen LogP contribution in [-0.4, -0.2) is 65.7 Å². The van der Waals surface area contributed by atoms with Crippen LogP contribution in [0.2, 0.25) is 0 Å². The largest absolute Gasteiger partial charge is 0.497 e. The van der Waals surface area contributed by atoms with Gasteiger partial charge in [0.1, 0.15) is 29.4 Å². The van der Waals surface area contributed by atoms with Gasteiger partial charge in [-0.1, -0.05) is 54.6 Å². The number of carbonyl (C=O) groups excluding carboxylic acids is 1. The van der Waals surface area contributed by atoms with Gasteiger partial charge in [-0.25, -0.2) is 0 Å². The minimum absolute atomic E-state index is 0.0813. The maximum absolute atomic E-state index is 11.4. The van der Waals surface area contributed by atoms with E-state index in [0.29, 0.717) is 31.0 Å². The molecule has 0 unspecified atom stereocenters. The zero-order chi connectivity index (χ0) is 32.4. The molecule has 1 saturated heterocycles. The lowest BCUT2D eigenvalue weighted by Gasteiger charge is -2.37. The van der Waals surface area contributed by atoms with E-state index in [0.717, 1.165) is 52.0 Å². The number of aryl methyl sites for hydroxylation is 1. The molecule has 4 heterocycles. The number of anilines is 1. The average molecular weight is 637 g/mol. The third kappa shape index (κ3) is 5.67. The quantitative estimate of drug-likeness (QED) is 0.152. The third-order valence-corrected chi connectivity index (χ3v) is 8.89. The molecule has 2 N–H and O–H groups in total. The minimum Gasteiger partial charge on any atom is -0.497 e. The SMILES string of the molecule is COc1ccc(C(OC[C@H]2O[C@@H](n3cc4c5c(nc(NC=O)nc53)OCCC4)C[C@@H]2O)(c2ccccc2)c2ccc(OC)cc2)cc1. The number of ether oxygens (including phenoxy) is 5. The summed E-state index contributed by atoms with van der Waals surface area (Å²) in [6.07, 6.45) is 2.43. The predicted molar refractivity (Wildman–Crippen MR) is 174 cm³/mol. The molecule has 11 heteroatoms. The smallest absolute Gasteiger partial charge is 0.234 e. The lowest BCUT2D eigenvalue weighted by atomic mass is 9.80. The molecule has 0 spiro atoms. The minimum atomic E-state index is -1.06. The van der Waals surface area contributed by atoms with Crippen LogP contribution in [0.4, 0.5) is 5.95 Å². The first-order chi connectivity index (χ1) is 23.0. The lowest BCUT2D eigenvalue weighted by molar-refractivity contribution is -0.105. The Bertz CT molecular complexity index is 1800. The topological polar surface area (TPSA) is 126 Å². The summed E-state index contributed by atoms with van der Waals surface area (Å²) in [7, 11) is 3.27. The monoisotopic (exact) mass is 636 g/mol. The summed E-state index contributed by atoms with van der Waals surface area (Å²) in [6.45, 7) is 0.600. The van der Waals surface area contributed by atoms with Crippen LogP contribution in [0, 0.1) is 0 Å². The molecule has 1 amide bonds. The highest BCUT2D eigenvalue weighted by Gasteiger charge is 2.42. The van der Waals surface area contributed by atoms with Gasteiger partial charge in [0, 0.05) is 12.6 Å². The molecule has 47 heavy (non-hydrogen) atoms. The van der Waals surface area contributed by atoms with E-state index in [1.807, 2.05) is 89.6 Å². The van der Waals surface area contributed by atoms with Crippen molar-refractivity contribution in [3.8, 4) is 17.4 Å². The second kappa shape index (κ2) is 13.0. The normalized spacial score (nSPS) is 19.2. The first-order valence-electron chi connectivity index (χ1n) is 15.6. The van der Waals surface area contributed by atoms with E-state index in [2.05, 4.69) is 15.3 Å². The van der Waals surface area contributed by atoms with Crippen LogP contribution in [-0.2, 0) is 26.3 Å². The molecule has 3 atom stereocenters. The summed E-state index contributed by atoms with van der Waals surface area (Å²) < 4.78 is 32.3. The Kier molecular flexibility index (Phi) is 8.50. The Labute approximate surface area is 272 Å². The maximum Gasteiger partial charge on any atom is 0.234 e. The number of hydrogen-bond acceptors (Lipinski definition) is 9. The Morgan fingerprint density at radius 3 is 2.26 bits per heavy atom. The number of aliphatic hydroxyl groups is 1. The second-order valence-electron chi connectivity index (χ2n) is 11.6. The number of amides is 1. The fourth-order valence-electron chi connectivity index (χ4n) is 6.57. The molecular formula is C36H36N4O7. The summed E-state index contributed by atoms with van der Waals surface area (Å²) in [5.41, 5.74) is 3.23. The van der Waals surface area contributed by atoms with Crippen molar-refractivity contribution in [2.75, 3.05) is 32.8 Å². The van der Waals surface area contributed by atoms with Crippen LogP contribution in [0.5, 0.6) is 17.4 Å². The van der Waals surface area contributed by atoms with Crippen LogP contribution in [0.1, 0.15) is 41.3 Å². The van der Waals surface area contributed by atoms with Gasteiger partial charge in [0.2, 0.25) is 18.2 Å². The van der Waals surface area contributed by atoms with Gasteiger partial charge in [0.15, 0.2) is 5.65 Å². The van der Waals surface area contributed by atoms with Crippen molar-refractivity contribution in [3.63, 3.8) is 0 Å². The second-order valence-corrected chi connectivity index (χ2v) is 11.6. The molecule has 0 aliphatic carbocycles. The van der Waals surface area contributed by atoms with E-state index in [1.54, 1.807) is 14.2 Å². The van der Waals surface area contributed by atoms with Gasteiger partial charge in [-0.3, -0.25) is 10.1 Å². The molecule has 2 aliphatic heterocycles. The molecule has 0 bridgehead atoms. The Balaban J connectivity index is 1.25. The summed E-state index contributed by atoms with van der Waals surface area (Å²) in [4.78, 5) is 20.2. The fourth-order valence-corrected chi connectivity index (χ4v) is 6.57. The molecule has 3 aromatic carbocycles. The molecule has 2 aliphatic rings. The zero-order valence-electron chi connectivity index (χ0n) is 26.2. The highest BCUT2D eigenvalue weighted by molar-refractivity contribution is 5.87. The van der Waals surface area contributed by atoms with Crippen molar-refractivity contribution in [3.05, 3.63) is 107 Å². The first-order valence-corrected chi connectivity index (χ1v) is 15.6. The van der Waals surface area contributed by atoms with E-state index >= 15 is 0 Å². The number of hydrogen-bond donors (Lipinski definition) is 2. The third-order valence-electron chi connectivity index (χ3n) is 8.89. The number of benzene rings is 3. The average Bonchev–Trinajstić information content (AvgIpc) is 3.59. The zero-order valence-corrected chi connectivity index (χ0v) is 26.2. The Hall–Kier alpha value is -4.97. The highest BCUT2D eigenvalue weighted by atomic mass is 16.6. The van der Waals surface area contributed by atoms with Crippen LogP contribution < -0.4 is 19.5 Å². The van der Waals surface area contributed by atoms with Crippen molar-refractivity contribution < 1.29 is 33.6 Å². The number of carbonyl (C=O) groups is 1. The number of nitrogens with zero attached hydrogens (tertiary/aromatic N) is 3. The van der Waals surface area contributed by atoms with Crippen molar-refractivity contribution >= 4 is 23.4 Å². The van der Waals surface area contributed by atoms with Gasteiger partial charge >= 0.3 is 0 Å². The molecule has 5 aromatic rings. The molecule has 11 nitrogen and oxygen atoms in total. The van der Waals surface area contributed by atoms with Crippen LogP contribution in [0.3, 0.4) is 0 Å².